The fourth-order valence-corrected chi connectivity index (χ4v) is 1.40. The molecule has 13 heavy (non-hydrogen) atoms. The first-order valence-corrected chi connectivity index (χ1v) is 4.53. The Hall–Kier alpha value is -0.350. The van der Waals surface area contributed by atoms with Crippen LogP contribution in [0.2, 0.25) is 10.3 Å². The molecular formula is C8H10Cl2N2O. The second kappa shape index (κ2) is 4.24. The summed E-state index contributed by atoms with van der Waals surface area (Å²) in [5, 5.41) is 9.77. The number of aliphatic hydroxyl groups is 1. The topological polar surface area (TPSA) is 59.1 Å². The van der Waals surface area contributed by atoms with Crippen LogP contribution in [-0.4, -0.2) is 16.2 Å². The Morgan fingerprint density at radius 1 is 1.46 bits per heavy atom. The van der Waals surface area contributed by atoms with E-state index in [1.165, 1.54) is 0 Å². The van der Waals surface area contributed by atoms with Gasteiger partial charge in [-0.25, -0.2) is 4.98 Å². The molecule has 1 rings (SSSR count). The van der Waals surface area contributed by atoms with Crippen LogP contribution in [0.15, 0.2) is 12.1 Å². The van der Waals surface area contributed by atoms with Crippen LogP contribution in [0, 0.1) is 0 Å². The summed E-state index contributed by atoms with van der Waals surface area (Å²) in [6, 6.07) is 2.72. The summed E-state index contributed by atoms with van der Waals surface area (Å²) in [4.78, 5) is 3.82. The second-order valence-electron chi connectivity index (χ2n) is 2.78. The fraction of sp³-hybridized carbons (Fsp3) is 0.375. The van der Waals surface area contributed by atoms with Gasteiger partial charge >= 0.3 is 0 Å². The zero-order chi connectivity index (χ0) is 10.0. The van der Waals surface area contributed by atoms with E-state index in [1.807, 2.05) is 0 Å². The highest BCUT2D eigenvalue weighted by molar-refractivity contribution is 6.32. The van der Waals surface area contributed by atoms with Gasteiger partial charge in [-0.15, -0.1) is 0 Å². The van der Waals surface area contributed by atoms with E-state index >= 15 is 0 Å². The Bertz CT molecular complexity index is 304. The molecule has 0 saturated carbocycles. The monoisotopic (exact) mass is 220 g/mol. The molecule has 0 saturated heterocycles. The standard InChI is InChI=1S/C8H10Cl2N2O/c1-4(13)7(11)5-2-3-6(9)12-8(5)10/h2-4,7,13H,11H2,1H3/t4-,7-/m0/s1. The van der Waals surface area contributed by atoms with Crippen LogP contribution in [0.3, 0.4) is 0 Å². The van der Waals surface area contributed by atoms with E-state index in [1.54, 1.807) is 19.1 Å². The van der Waals surface area contributed by atoms with Crippen LogP contribution >= 0.6 is 23.2 Å². The molecule has 0 unspecified atom stereocenters. The van der Waals surface area contributed by atoms with Crippen LogP contribution in [0.5, 0.6) is 0 Å². The van der Waals surface area contributed by atoms with E-state index in [4.69, 9.17) is 28.9 Å². The summed E-state index contributed by atoms with van der Waals surface area (Å²) < 4.78 is 0. The maximum Gasteiger partial charge on any atom is 0.135 e. The van der Waals surface area contributed by atoms with Crippen molar-refractivity contribution >= 4 is 23.2 Å². The second-order valence-corrected chi connectivity index (χ2v) is 3.53. The average Bonchev–Trinajstić information content (AvgIpc) is 2.03. The highest BCUT2D eigenvalue weighted by Gasteiger charge is 2.15. The van der Waals surface area contributed by atoms with Crippen molar-refractivity contribution in [1.29, 1.82) is 0 Å². The van der Waals surface area contributed by atoms with Crippen LogP contribution in [-0.2, 0) is 0 Å². The minimum atomic E-state index is -0.666. The molecule has 0 aliphatic heterocycles. The number of halogens is 2. The number of hydrogen-bond donors (Lipinski definition) is 2. The Morgan fingerprint density at radius 3 is 2.54 bits per heavy atom. The van der Waals surface area contributed by atoms with Gasteiger partial charge in [0.25, 0.3) is 0 Å². The lowest BCUT2D eigenvalue weighted by atomic mass is 10.1. The highest BCUT2D eigenvalue weighted by Crippen LogP contribution is 2.23. The lowest BCUT2D eigenvalue weighted by Gasteiger charge is -2.15. The molecule has 0 aliphatic carbocycles. The highest BCUT2D eigenvalue weighted by atomic mass is 35.5. The van der Waals surface area contributed by atoms with Gasteiger partial charge in [0.05, 0.1) is 12.1 Å². The molecule has 1 aromatic rings. The third-order valence-electron chi connectivity index (χ3n) is 1.72. The normalized spacial score (nSPS) is 15.5. The molecule has 0 fully saturated rings. The van der Waals surface area contributed by atoms with E-state index in [0.29, 0.717) is 10.7 Å². The smallest absolute Gasteiger partial charge is 0.135 e. The number of aromatic nitrogens is 1. The van der Waals surface area contributed by atoms with Crippen molar-refractivity contribution < 1.29 is 5.11 Å². The number of pyridine rings is 1. The summed E-state index contributed by atoms with van der Waals surface area (Å²) in [6.45, 7) is 1.59. The Kier molecular flexibility index (Phi) is 3.50. The molecule has 3 N–H and O–H groups in total. The van der Waals surface area contributed by atoms with Crippen LogP contribution < -0.4 is 5.73 Å². The van der Waals surface area contributed by atoms with Gasteiger partial charge in [-0.1, -0.05) is 29.3 Å². The molecule has 2 atom stereocenters. The van der Waals surface area contributed by atoms with Crippen molar-refractivity contribution in [2.45, 2.75) is 19.1 Å². The van der Waals surface area contributed by atoms with Gasteiger partial charge in [0.2, 0.25) is 0 Å². The summed E-state index contributed by atoms with van der Waals surface area (Å²) in [5.74, 6) is 0. The first-order valence-electron chi connectivity index (χ1n) is 3.78. The number of aliphatic hydroxyl groups excluding tert-OH is 1. The maximum atomic E-state index is 9.22. The van der Waals surface area contributed by atoms with Gasteiger partial charge in [0.15, 0.2) is 0 Å². The van der Waals surface area contributed by atoms with Gasteiger partial charge in [0.1, 0.15) is 10.3 Å². The van der Waals surface area contributed by atoms with Crippen molar-refractivity contribution in [2.24, 2.45) is 5.73 Å². The zero-order valence-corrected chi connectivity index (χ0v) is 8.55. The van der Waals surface area contributed by atoms with Gasteiger partial charge in [-0.05, 0) is 13.0 Å². The molecule has 72 valence electrons. The number of nitrogens with two attached hydrogens (primary N) is 1. The van der Waals surface area contributed by atoms with E-state index in [0.717, 1.165) is 0 Å². The lowest BCUT2D eigenvalue weighted by Crippen LogP contribution is -2.23. The van der Waals surface area contributed by atoms with Crippen molar-refractivity contribution in [3.63, 3.8) is 0 Å². The van der Waals surface area contributed by atoms with Crippen LogP contribution in [0.25, 0.3) is 0 Å². The molecule has 5 heteroatoms. The summed E-state index contributed by atoms with van der Waals surface area (Å²) in [5.41, 5.74) is 6.27. The minimum Gasteiger partial charge on any atom is -0.391 e. The van der Waals surface area contributed by atoms with Crippen molar-refractivity contribution in [3.05, 3.63) is 28.0 Å². The van der Waals surface area contributed by atoms with E-state index in [-0.39, 0.29) is 5.15 Å². The Balaban J connectivity index is 3.01. The number of hydrogen-bond acceptors (Lipinski definition) is 3. The third-order valence-corrected chi connectivity index (χ3v) is 2.24. The SMILES string of the molecule is C[C@H](O)[C@H](N)c1ccc(Cl)nc1Cl. The predicted octanol–water partition coefficient (Wildman–Crippen LogP) is 1.77. The van der Waals surface area contributed by atoms with Crippen molar-refractivity contribution in [2.75, 3.05) is 0 Å². The zero-order valence-electron chi connectivity index (χ0n) is 7.04. The van der Waals surface area contributed by atoms with Crippen LogP contribution in [0.4, 0.5) is 0 Å². The summed E-state index contributed by atoms with van der Waals surface area (Å²) in [7, 11) is 0. The largest absolute Gasteiger partial charge is 0.391 e. The van der Waals surface area contributed by atoms with E-state index in [2.05, 4.69) is 4.98 Å². The molecule has 0 aromatic carbocycles. The first-order chi connectivity index (χ1) is 6.02. The first kappa shape index (κ1) is 10.7. The molecule has 0 amide bonds. The lowest BCUT2D eigenvalue weighted by molar-refractivity contribution is 0.164. The number of nitrogens with zero attached hydrogens (tertiary/aromatic N) is 1. The molecule has 0 aliphatic rings. The summed E-state index contributed by atoms with van der Waals surface area (Å²) in [6.07, 6.45) is -0.666. The number of rotatable bonds is 2. The molecule has 0 radical (unpaired) electrons. The molecule has 1 aromatic heterocycles. The third kappa shape index (κ3) is 2.54. The maximum absolute atomic E-state index is 9.22. The molecule has 0 spiro atoms. The van der Waals surface area contributed by atoms with Gasteiger partial charge in [-0.3, -0.25) is 0 Å². The molecule has 3 nitrogen and oxygen atoms in total. The van der Waals surface area contributed by atoms with Gasteiger partial charge in [0, 0.05) is 5.56 Å². The summed E-state index contributed by atoms with van der Waals surface area (Å²) >= 11 is 11.4. The quantitative estimate of drug-likeness (QED) is 0.748. The average molecular weight is 221 g/mol. The molecular weight excluding hydrogens is 211 g/mol. The van der Waals surface area contributed by atoms with Crippen molar-refractivity contribution in [3.8, 4) is 0 Å². The Labute approximate surface area is 86.5 Å². The molecule has 1 heterocycles. The fourth-order valence-electron chi connectivity index (χ4n) is 0.931. The van der Waals surface area contributed by atoms with E-state index < -0.39 is 12.1 Å². The minimum absolute atomic E-state index is 0.237. The van der Waals surface area contributed by atoms with Crippen molar-refractivity contribution in [1.82, 2.24) is 4.98 Å². The van der Waals surface area contributed by atoms with Gasteiger partial charge < -0.3 is 10.8 Å². The predicted molar refractivity (Wildman–Crippen MR) is 52.9 cm³/mol. The molecule has 0 bridgehead atoms. The van der Waals surface area contributed by atoms with Gasteiger partial charge in [-0.2, -0.15) is 0 Å². The Morgan fingerprint density at radius 2 is 2.08 bits per heavy atom. The van der Waals surface area contributed by atoms with Crippen LogP contribution in [0.1, 0.15) is 18.5 Å². The van der Waals surface area contributed by atoms with E-state index in [9.17, 15) is 5.11 Å².